The van der Waals surface area contributed by atoms with E-state index in [0.29, 0.717) is 0 Å². The monoisotopic (exact) mass is 100 g/mol. The second-order valence-corrected chi connectivity index (χ2v) is 2.81. The summed E-state index contributed by atoms with van der Waals surface area (Å²) in [5.74, 6) is 0. The summed E-state index contributed by atoms with van der Waals surface area (Å²) in [6.07, 6.45) is 0. The van der Waals surface area contributed by atoms with Gasteiger partial charge >= 0.3 is 61.1 Å². The van der Waals surface area contributed by atoms with E-state index in [1.807, 2.05) is 6.07 Å². The molecule has 1 heteroatoms. The van der Waals surface area contributed by atoms with Gasteiger partial charge in [0.15, 0.2) is 0 Å². The average Bonchev–Trinajstić information content (AvgIpc) is 1.69. The fourth-order valence-electron chi connectivity index (χ4n) is 0.534. The van der Waals surface area contributed by atoms with Crippen molar-refractivity contribution in [2.24, 2.45) is 0 Å². The van der Waals surface area contributed by atoms with Crippen LogP contribution in [0.2, 0.25) is 0 Å². The van der Waals surface area contributed by atoms with Crippen LogP contribution < -0.4 is 2.81 Å². The van der Waals surface area contributed by atoms with Crippen LogP contribution in [0.25, 0.3) is 0 Å². The predicted octanol–water partition coefficient (Wildman–Crippen LogP) is 0.480. The van der Waals surface area contributed by atoms with Gasteiger partial charge in [0.2, 0.25) is 0 Å². The molecule has 0 amide bonds. The molecule has 0 aliphatic carbocycles. The van der Waals surface area contributed by atoms with Crippen LogP contribution in [0.4, 0.5) is 0 Å². The topological polar surface area (TPSA) is 0 Å². The van der Waals surface area contributed by atoms with Gasteiger partial charge in [0.25, 0.3) is 0 Å². The van der Waals surface area contributed by atoms with E-state index in [2.05, 4.69) is 24.3 Å². The van der Waals surface area contributed by atoms with Gasteiger partial charge in [-0.15, -0.1) is 0 Å². The molecule has 0 aliphatic rings. The SMILES string of the molecule is [Na][c]1ccccc1. The van der Waals surface area contributed by atoms with Crippen molar-refractivity contribution >= 4 is 30.7 Å². The maximum atomic E-state index is 2.15. The molecule has 0 bridgehead atoms. The first-order valence-electron chi connectivity index (χ1n) is 2.41. The minimum absolute atomic E-state index is 1.17. The second-order valence-electron chi connectivity index (χ2n) is 1.65. The molecule has 0 atom stereocenters. The zero-order valence-corrected chi connectivity index (χ0v) is 6.39. The van der Waals surface area contributed by atoms with E-state index in [1.165, 1.54) is 30.7 Å². The molecule has 0 fully saturated rings. The molecule has 0 aromatic heterocycles. The first kappa shape index (κ1) is 5.36. The van der Waals surface area contributed by atoms with E-state index in [-0.39, 0.29) is 0 Å². The van der Waals surface area contributed by atoms with E-state index in [9.17, 15) is 0 Å². The van der Waals surface area contributed by atoms with Crippen molar-refractivity contribution in [3.63, 3.8) is 0 Å². The molecule has 1 aromatic carbocycles. The van der Waals surface area contributed by atoms with Gasteiger partial charge in [0, 0.05) is 0 Å². The maximum absolute atomic E-state index is 2.15. The van der Waals surface area contributed by atoms with Gasteiger partial charge in [0.1, 0.15) is 0 Å². The van der Waals surface area contributed by atoms with Crippen LogP contribution in [0.15, 0.2) is 30.3 Å². The molecule has 0 saturated heterocycles. The van der Waals surface area contributed by atoms with Crippen molar-refractivity contribution in [3.05, 3.63) is 30.3 Å². The van der Waals surface area contributed by atoms with E-state index >= 15 is 0 Å². The summed E-state index contributed by atoms with van der Waals surface area (Å²) >= 11 is 1.17. The zero-order valence-electron chi connectivity index (χ0n) is 4.39. The summed E-state index contributed by atoms with van der Waals surface area (Å²) in [5.41, 5.74) is 0. The molecule has 7 heavy (non-hydrogen) atoms. The quantitative estimate of drug-likeness (QED) is 0.416. The second kappa shape index (κ2) is 2.51. The summed E-state index contributed by atoms with van der Waals surface area (Å²) in [5, 5.41) is 0. The van der Waals surface area contributed by atoms with Crippen LogP contribution in [0.1, 0.15) is 0 Å². The Balaban J connectivity index is 3.02. The van der Waals surface area contributed by atoms with Gasteiger partial charge in [-0.25, -0.2) is 0 Å². The molecule has 0 aliphatic heterocycles. The van der Waals surface area contributed by atoms with Crippen molar-refractivity contribution < 1.29 is 0 Å². The van der Waals surface area contributed by atoms with Crippen molar-refractivity contribution in [1.82, 2.24) is 0 Å². The van der Waals surface area contributed by atoms with Crippen LogP contribution in [0, 0.1) is 0 Å². The molecule has 0 heterocycles. The summed E-state index contributed by atoms with van der Waals surface area (Å²) in [7, 11) is 0. The van der Waals surface area contributed by atoms with E-state index in [0.717, 1.165) is 0 Å². The summed E-state index contributed by atoms with van der Waals surface area (Å²) in [6, 6.07) is 10.5. The molecule has 0 unspecified atom stereocenters. The fourth-order valence-corrected chi connectivity index (χ4v) is 0.919. The Morgan fingerprint density at radius 2 is 1.57 bits per heavy atom. The summed E-state index contributed by atoms with van der Waals surface area (Å²) < 4.78 is 1.46. The fraction of sp³-hybridized carbons (Fsp3) is 0. The molecule has 1 aromatic rings. The molecule has 0 N–H and O–H groups in total. The third kappa shape index (κ3) is 1.64. The zero-order chi connectivity index (χ0) is 5.11. The van der Waals surface area contributed by atoms with Crippen molar-refractivity contribution in [2.75, 3.05) is 0 Å². The average molecular weight is 100 g/mol. The first-order chi connectivity index (χ1) is 3.39. The Kier molecular flexibility index (Phi) is 1.92. The van der Waals surface area contributed by atoms with Crippen LogP contribution >= 0.6 is 0 Å². The molecular weight excluding hydrogens is 95.1 g/mol. The first-order valence-corrected chi connectivity index (χ1v) is 3.41. The van der Waals surface area contributed by atoms with Crippen LogP contribution in [0.3, 0.4) is 0 Å². The standard InChI is InChI=1S/C6H5.Na/c1-2-4-6-5-3-1;/h1-5H;. The van der Waals surface area contributed by atoms with Gasteiger partial charge < -0.3 is 0 Å². The number of hydrogen-bond donors (Lipinski definition) is 0. The molecular formula is C6H5Na. The van der Waals surface area contributed by atoms with Gasteiger partial charge in [-0.1, -0.05) is 0 Å². The van der Waals surface area contributed by atoms with Gasteiger partial charge in [-0.05, 0) is 0 Å². The Labute approximate surface area is 61.0 Å². The van der Waals surface area contributed by atoms with E-state index < -0.39 is 0 Å². The van der Waals surface area contributed by atoms with Gasteiger partial charge in [-0.3, -0.25) is 0 Å². The summed E-state index contributed by atoms with van der Waals surface area (Å²) in [4.78, 5) is 0. The molecule has 0 spiro atoms. The van der Waals surface area contributed by atoms with Crippen molar-refractivity contribution in [2.45, 2.75) is 0 Å². The summed E-state index contributed by atoms with van der Waals surface area (Å²) in [6.45, 7) is 0. The number of rotatable bonds is 0. The Morgan fingerprint density at radius 1 is 1.00 bits per heavy atom. The van der Waals surface area contributed by atoms with Crippen LogP contribution in [-0.4, -0.2) is 27.9 Å². The molecule has 1 rings (SSSR count). The predicted molar refractivity (Wildman–Crippen MR) is 31.8 cm³/mol. The molecule has 0 saturated carbocycles. The van der Waals surface area contributed by atoms with Crippen molar-refractivity contribution in [1.29, 1.82) is 0 Å². The normalized spacial score (nSPS) is 8.86. The van der Waals surface area contributed by atoms with E-state index in [4.69, 9.17) is 0 Å². The van der Waals surface area contributed by atoms with Crippen LogP contribution in [0.5, 0.6) is 0 Å². The van der Waals surface area contributed by atoms with Gasteiger partial charge in [-0.2, -0.15) is 0 Å². The Morgan fingerprint density at radius 3 is 1.86 bits per heavy atom. The van der Waals surface area contributed by atoms with E-state index in [1.54, 1.807) is 0 Å². The number of benzene rings is 1. The molecule has 0 nitrogen and oxygen atoms in total. The third-order valence-electron chi connectivity index (χ3n) is 0.940. The Bertz CT molecular complexity index is 134. The molecule has 0 radical (unpaired) electrons. The molecule has 30 valence electrons. The Hall–Kier alpha value is 0.220. The third-order valence-corrected chi connectivity index (χ3v) is 1.61. The number of hydrogen-bond acceptors (Lipinski definition) is 0. The minimum atomic E-state index is 1.17. The van der Waals surface area contributed by atoms with Gasteiger partial charge in [0.05, 0.1) is 0 Å². The van der Waals surface area contributed by atoms with Crippen molar-refractivity contribution in [3.8, 4) is 0 Å². The van der Waals surface area contributed by atoms with Crippen LogP contribution in [-0.2, 0) is 0 Å².